The predicted molar refractivity (Wildman–Crippen MR) is 67.9 cm³/mol. The minimum atomic E-state index is -0.592. The molecule has 0 unspecified atom stereocenters. The third-order valence-electron chi connectivity index (χ3n) is 2.54. The van der Waals surface area contributed by atoms with Crippen molar-refractivity contribution in [2.24, 2.45) is 0 Å². The van der Waals surface area contributed by atoms with Crippen LogP contribution in [0.25, 0.3) is 11.0 Å². The van der Waals surface area contributed by atoms with E-state index in [1.807, 2.05) is 0 Å². The molecule has 0 bridgehead atoms. The van der Waals surface area contributed by atoms with Crippen LogP contribution in [0.5, 0.6) is 11.5 Å². The quantitative estimate of drug-likeness (QED) is 0.657. The fourth-order valence-electron chi connectivity index (χ4n) is 1.77. The predicted octanol–water partition coefficient (Wildman–Crippen LogP) is 3.09. The Morgan fingerprint density at radius 1 is 1.44 bits per heavy atom. The average Bonchev–Trinajstić information content (AvgIpc) is 2.63. The highest BCUT2D eigenvalue weighted by Gasteiger charge is 2.24. The van der Waals surface area contributed by atoms with Crippen LogP contribution >= 0.6 is 15.9 Å². The van der Waals surface area contributed by atoms with Crippen molar-refractivity contribution in [1.29, 1.82) is 0 Å². The molecular formula is C12H11BrO5. The average molecular weight is 315 g/mol. The molecule has 6 heteroatoms. The van der Waals surface area contributed by atoms with Gasteiger partial charge in [-0.3, -0.25) is 0 Å². The van der Waals surface area contributed by atoms with E-state index in [9.17, 15) is 15.0 Å². The van der Waals surface area contributed by atoms with Crippen LogP contribution in [-0.2, 0) is 4.74 Å². The van der Waals surface area contributed by atoms with Crippen LogP contribution in [-0.4, -0.2) is 22.8 Å². The number of benzene rings is 1. The summed E-state index contributed by atoms with van der Waals surface area (Å²) in [6.45, 7) is 3.49. The maximum absolute atomic E-state index is 11.8. The van der Waals surface area contributed by atoms with Gasteiger partial charge < -0.3 is 19.4 Å². The van der Waals surface area contributed by atoms with Gasteiger partial charge in [-0.2, -0.15) is 0 Å². The minimum Gasteiger partial charge on any atom is -0.504 e. The SMILES string of the molecule is CCOC(=O)c1c(C)oc2cc(Br)c(O)c(O)c12. The van der Waals surface area contributed by atoms with Gasteiger partial charge in [-0.25, -0.2) is 4.79 Å². The lowest BCUT2D eigenvalue weighted by atomic mass is 10.1. The highest BCUT2D eigenvalue weighted by molar-refractivity contribution is 9.10. The van der Waals surface area contributed by atoms with E-state index in [1.165, 1.54) is 6.07 Å². The minimum absolute atomic E-state index is 0.132. The number of aryl methyl sites for hydroxylation is 1. The number of hydrogen-bond donors (Lipinski definition) is 2. The number of carbonyl (C=O) groups excluding carboxylic acids is 1. The van der Waals surface area contributed by atoms with Gasteiger partial charge in [0.25, 0.3) is 0 Å². The van der Waals surface area contributed by atoms with Gasteiger partial charge in [-0.15, -0.1) is 0 Å². The number of halogens is 1. The molecule has 0 saturated heterocycles. The maximum atomic E-state index is 11.8. The van der Waals surface area contributed by atoms with Gasteiger partial charge in [0, 0.05) is 0 Å². The smallest absolute Gasteiger partial charge is 0.342 e. The highest BCUT2D eigenvalue weighted by Crippen LogP contribution is 2.43. The Bertz CT molecular complexity index is 629. The van der Waals surface area contributed by atoms with E-state index in [0.717, 1.165) is 0 Å². The van der Waals surface area contributed by atoms with Crippen molar-refractivity contribution in [3.8, 4) is 11.5 Å². The number of aromatic hydroxyl groups is 2. The van der Waals surface area contributed by atoms with Crippen LogP contribution in [0.2, 0.25) is 0 Å². The van der Waals surface area contributed by atoms with Gasteiger partial charge in [0.15, 0.2) is 11.5 Å². The van der Waals surface area contributed by atoms with Gasteiger partial charge in [0.05, 0.1) is 16.5 Å². The zero-order valence-corrected chi connectivity index (χ0v) is 11.4. The first-order chi connectivity index (χ1) is 8.47. The monoisotopic (exact) mass is 314 g/mol. The molecule has 0 radical (unpaired) electrons. The molecule has 5 nitrogen and oxygen atoms in total. The summed E-state index contributed by atoms with van der Waals surface area (Å²) in [5.41, 5.74) is 0.435. The molecule has 96 valence electrons. The number of ether oxygens (including phenoxy) is 1. The van der Waals surface area contributed by atoms with Crippen molar-refractivity contribution in [2.75, 3.05) is 6.61 Å². The zero-order valence-electron chi connectivity index (χ0n) is 9.78. The lowest BCUT2D eigenvalue weighted by molar-refractivity contribution is 0.0526. The largest absolute Gasteiger partial charge is 0.504 e. The Labute approximate surface area is 111 Å². The number of hydrogen-bond acceptors (Lipinski definition) is 5. The molecule has 2 aromatic rings. The summed E-state index contributed by atoms with van der Waals surface area (Å²) in [6, 6.07) is 1.49. The maximum Gasteiger partial charge on any atom is 0.342 e. The van der Waals surface area contributed by atoms with Gasteiger partial charge in [-0.05, 0) is 35.8 Å². The van der Waals surface area contributed by atoms with Crippen molar-refractivity contribution < 1.29 is 24.2 Å². The second-order valence-corrected chi connectivity index (χ2v) is 4.54. The number of esters is 1. The molecule has 18 heavy (non-hydrogen) atoms. The van der Waals surface area contributed by atoms with Crippen LogP contribution in [0, 0.1) is 6.92 Å². The van der Waals surface area contributed by atoms with E-state index in [0.29, 0.717) is 11.3 Å². The Hall–Kier alpha value is -1.69. The molecule has 2 rings (SSSR count). The van der Waals surface area contributed by atoms with Crippen molar-refractivity contribution in [2.45, 2.75) is 13.8 Å². The van der Waals surface area contributed by atoms with Crippen molar-refractivity contribution in [3.63, 3.8) is 0 Å². The fraction of sp³-hybridized carbons (Fsp3) is 0.250. The molecule has 0 aliphatic heterocycles. The number of phenolic OH excluding ortho intramolecular Hbond substituents is 2. The van der Waals surface area contributed by atoms with E-state index < -0.39 is 11.7 Å². The van der Waals surface area contributed by atoms with Crippen LogP contribution < -0.4 is 0 Å². The van der Waals surface area contributed by atoms with Crippen LogP contribution in [0.15, 0.2) is 15.0 Å². The molecule has 1 aromatic carbocycles. The van der Waals surface area contributed by atoms with Gasteiger partial charge in [0.2, 0.25) is 0 Å². The van der Waals surface area contributed by atoms with Crippen LogP contribution in [0.3, 0.4) is 0 Å². The van der Waals surface area contributed by atoms with E-state index in [1.54, 1.807) is 13.8 Å². The number of furan rings is 1. The van der Waals surface area contributed by atoms with Crippen molar-refractivity contribution >= 4 is 32.9 Å². The van der Waals surface area contributed by atoms with Gasteiger partial charge in [0.1, 0.15) is 16.9 Å². The summed E-state index contributed by atoms with van der Waals surface area (Å²) in [5, 5.41) is 19.7. The zero-order chi connectivity index (χ0) is 13.4. The molecule has 2 N–H and O–H groups in total. The molecule has 0 aliphatic rings. The van der Waals surface area contributed by atoms with Gasteiger partial charge in [-0.1, -0.05) is 0 Å². The first-order valence-corrected chi connectivity index (χ1v) is 6.07. The Morgan fingerprint density at radius 2 is 2.11 bits per heavy atom. The molecule has 0 atom stereocenters. The topological polar surface area (TPSA) is 79.9 Å². The van der Waals surface area contributed by atoms with Crippen LogP contribution in [0.4, 0.5) is 0 Å². The summed E-state index contributed by atoms with van der Waals surface area (Å²) in [7, 11) is 0. The number of carbonyl (C=O) groups is 1. The first-order valence-electron chi connectivity index (χ1n) is 5.28. The fourth-order valence-corrected chi connectivity index (χ4v) is 2.16. The van der Waals surface area contributed by atoms with Gasteiger partial charge >= 0.3 is 5.97 Å². The second kappa shape index (κ2) is 4.53. The molecule has 0 fully saturated rings. The van der Waals surface area contributed by atoms with Crippen molar-refractivity contribution in [1.82, 2.24) is 0 Å². The summed E-state index contributed by atoms with van der Waals surface area (Å²) in [5.74, 6) is -1.00. The highest BCUT2D eigenvalue weighted by atomic mass is 79.9. The second-order valence-electron chi connectivity index (χ2n) is 3.68. The summed E-state index contributed by atoms with van der Waals surface area (Å²) in [4.78, 5) is 11.8. The van der Waals surface area contributed by atoms with Crippen molar-refractivity contribution in [3.05, 3.63) is 21.9 Å². The molecule has 0 amide bonds. The normalized spacial score (nSPS) is 10.8. The molecular weight excluding hydrogens is 304 g/mol. The lowest BCUT2D eigenvalue weighted by Crippen LogP contribution is -2.05. The Kier molecular flexibility index (Phi) is 3.21. The lowest BCUT2D eigenvalue weighted by Gasteiger charge is -2.04. The standard InChI is InChI=1S/C12H11BrO5/c1-3-17-12(16)8-5(2)18-7-4-6(13)10(14)11(15)9(7)8/h4,14-15H,3H2,1-2H3. The summed E-state index contributed by atoms with van der Waals surface area (Å²) < 4.78 is 10.6. The molecule has 0 saturated carbocycles. The Morgan fingerprint density at radius 3 is 2.72 bits per heavy atom. The molecule has 1 aromatic heterocycles. The summed E-state index contributed by atoms with van der Waals surface area (Å²) >= 11 is 3.08. The number of fused-ring (bicyclic) bond motifs is 1. The first kappa shape index (κ1) is 12.8. The van der Waals surface area contributed by atoms with E-state index in [-0.39, 0.29) is 27.8 Å². The third-order valence-corrected chi connectivity index (χ3v) is 3.14. The van der Waals surface area contributed by atoms with Crippen LogP contribution in [0.1, 0.15) is 23.0 Å². The van der Waals surface area contributed by atoms with E-state index in [4.69, 9.17) is 9.15 Å². The Balaban J connectivity index is 2.78. The molecule has 0 aliphatic carbocycles. The number of rotatable bonds is 2. The number of phenols is 2. The third kappa shape index (κ3) is 1.82. The molecule has 0 spiro atoms. The van der Waals surface area contributed by atoms with E-state index in [2.05, 4.69) is 15.9 Å². The van der Waals surface area contributed by atoms with E-state index >= 15 is 0 Å². The summed E-state index contributed by atoms with van der Waals surface area (Å²) in [6.07, 6.45) is 0. The molecule has 1 heterocycles.